The van der Waals surface area contributed by atoms with Crippen molar-refractivity contribution in [2.45, 2.75) is 32.2 Å². The predicted molar refractivity (Wildman–Crippen MR) is 62.4 cm³/mol. The lowest BCUT2D eigenvalue weighted by atomic mass is 9.92. The number of nitrogens with zero attached hydrogens (tertiary/aromatic N) is 1. The topological polar surface area (TPSA) is 54.0 Å². The molecule has 0 saturated heterocycles. The summed E-state index contributed by atoms with van der Waals surface area (Å²) in [6.45, 7) is 3.93. The van der Waals surface area contributed by atoms with Gasteiger partial charge in [-0.05, 0) is 44.2 Å². The summed E-state index contributed by atoms with van der Waals surface area (Å²) in [5.74, 6) is 1.30. The van der Waals surface area contributed by atoms with E-state index in [1.807, 2.05) is 26.1 Å². The van der Waals surface area contributed by atoms with Gasteiger partial charge < -0.3 is 10.6 Å². The summed E-state index contributed by atoms with van der Waals surface area (Å²) in [4.78, 5) is 16.4. The molecule has 1 aromatic rings. The zero-order chi connectivity index (χ0) is 11.3. The molecule has 2 heterocycles. The maximum absolute atomic E-state index is 12.1. The molecule has 0 aromatic carbocycles. The first-order valence-corrected chi connectivity index (χ1v) is 5.66. The van der Waals surface area contributed by atoms with E-state index in [2.05, 4.69) is 15.6 Å². The van der Waals surface area contributed by atoms with Crippen molar-refractivity contribution < 1.29 is 4.79 Å². The van der Waals surface area contributed by atoms with Crippen LogP contribution in [0, 0.1) is 12.8 Å². The van der Waals surface area contributed by atoms with Gasteiger partial charge in [0.2, 0.25) is 5.91 Å². The minimum absolute atomic E-state index is 0.0647. The summed E-state index contributed by atoms with van der Waals surface area (Å²) in [5.41, 5.74) is 1.37. The molecule has 84 valence electrons. The molecule has 3 rings (SSSR count). The van der Waals surface area contributed by atoms with Crippen LogP contribution in [0.2, 0.25) is 0 Å². The molecule has 1 fully saturated rings. The van der Waals surface area contributed by atoms with Crippen molar-refractivity contribution in [3.63, 3.8) is 0 Å². The Morgan fingerprint density at radius 3 is 2.94 bits per heavy atom. The normalized spacial score (nSPS) is 28.0. The van der Waals surface area contributed by atoms with E-state index in [0.717, 1.165) is 29.9 Å². The van der Waals surface area contributed by atoms with Crippen molar-refractivity contribution in [2.75, 3.05) is 10.6 Å². The minimum Gasteiger partial charge on any atom is -0.354 e. The first-order valence-electron chi connectivity index (χ1n) is 5.66. The average molecular weight is 217 g/mol. The first-order chi connectivity index (χ1) is 7.59. The fourth-order valence-electron chi connectivity index (χ4n) is 2.27. The van der Waals surface area contributed by atoms with Gasteiger partial charge in [-0.15, -0.1) is 0 Å². The van der Waals surface area contributed by atoms with Gasteiger partial charge in [0, 0.05) is 6.20 Å². The lowest BCUT2D eigenvalue weighted by Gasteiger charge is -2.35. The van der Waals surface area contributed by atoms with Crippen molar-refractivity contribution in [3.05, 3.63) is 17.8 Å². The smallest absolute Gasteiger partial charge is 0.250 e. The maximum atomic E-state index is 12.1. The Balaban J connectivity index is 2.01. The van der Waals surface area contributed by atoms with Crippen LogP contribution in [0.1, 0.15) is 25.3 Å². The second-order valence-corrected chi connectivity index (χ2v) is 4.96. The number of hydrogen-bond acceptors (Lipinski definition) is 3. The summed E-state index contributed by atoms with van der Waals surface area (Å²) in [7, 11) is 0. The molecule has 1 aliphatic heterocycles. The Morgan fingerprint density at radius 2 is 2.25 bits per heavy atom. The molecule has 0 spiro atoms. The van der Waals surface area contributed by atoms with Crippen LogP contribution < -0.4 is 10.6 Å². The minimum atomic E-state index is -0.477. The fourth-order valence-corrected chi connectivity index (χ4v) is 2.27. The Bertz CT molecular complexity index is 467. The number of anilines is 2. The van der Waals surface area contributed by atoms with Crippen LogP contribution in [-0.2, 0) is 4.79 Å². The highest BCUT2D eigenvalue weighted by atomic mass is 16.2. The zero-order valence-corrected chi connectivity index (χ0v) is 9.50. The number of rotatable bonds is 1. The number of carbonyl (C=O) groups excluding carboxylic acids is 1. The van der Waals surface area contributed by atoms with Crippen LogP contribution in [-0.4, -0.2) is 16.4 Å². The summed E-state index contributed by atoms with van der Waals surface area (Å²) in [6.07, 6.45) is 4.06. The third-order valence-electron chi connectivity index (χ3n) is 3.52. The zero-order valence-electron chi connectivity index (χ0n) is 9.50. The van der Waals surface area contributed by atoms with Crippen LogP contribution in [0.4, 0.5) is 11.5 Å². The van der Waals surface area contributed by atoms with Gasteiger partial charge in [-0.2, -0.15) is 0 Å². The number of amides is 1. The second-order valence-electron chi connectivity index (χ2n) is 4.96. The molecule has 1 saturated carbocycles. The quantitative estimate of drug-likeness (QED) is 0.755. The van der Waals surface area contributed by atoms with Gasteiger partial charge in [-0.25, -0.2) is 4.98 Å². The molecule has 0 bridgehead atoms. The fraction of sp³-hybridized carbons (Fsp3) is 0.500. The lowest BCUT2D eigenvalue weighted by molar-refractivity contribution is -0.120. The number of aryl methyl sites for hydroxylation is 1. The van der Waals surface area contributed by atoms with Gasteiger partial charge in [-0.3, -0.25) is 4.79 Å². The van der Waals surface area contributed by atoms with Gasteiger partial charge in [0.15, 0.2) is 5.82 Å². The van der Waals surface area contributed by atoms with E-state index in [-0.39, 0.29) is 5.91 Å². The molecule has 2 N–H and O–H groups in total. The predicted octanol–water partition coefficient (Wildman–Crippen LogP) is 1.92. The Hall–Kier alpha value is -1.58. The molecule has 2 aliphatic rings. The first kappa shape index (κ1) is 9.63. The molecule has 1 unspecified atom stereocenters. The third-order valence-corrected chi connectivity index (χ3v) is 3.52. The highest BCUT2D eigenvalue weighted by Crippen LogP contribution is 2.44. The lowest BCUT2D eigenvalue weighted by Crippen LogP contribution is -2.52. The standard InChI is InChI=1S/C12H15N3O/c1-7-5-9-10(13-6-7)15-12(2,8-3-4-8)11(16)14-9/h5-6,8H,3-4H2,1-2H3,(H,13,15)(H,14,16). The molecule has 1 aliphatic carbocycles. The van der Waals surface area contributed by atoms with E-state index in [4.69, 9.17) is 0 Å². The van der Waals surface area contributed by atoms with Crippen molar-refractivity contribution in [1.82, 2.24) is 4.98 Å². The number of carbonyl (C=O) groups is 1. The number of nitrogens with one attached hydrogen (secondary N) is 2. The van der Waals surface area contributed by atoms with Crippen molar-refractivity contribution in [2.24, 2.45) is 5.92 Å². The van der Waals surface area contributed by atoms with E-state index in [9.17, 15) is 4.79 Å². The van der Waals surface area contributed by atoms with Gasteiger partial charge in [0.1, 0.15) is 5.54 Å². The molecule has 1 atom stereocenters. The van der Waals surface area contributed by atoms with E-state index in [1.54, 1.807) is 0 Å². The van der Waals surface area contributed by atoms with Gasteiger partial charge in [-0.1, -0.05) is 0 Å². The van der Waals surface area contributed by atoms with E-state index < -0.39 is 5.54 Å². The molecule has 16 heavy (non-hydrogen) atoms. The Labute approximate surface area is 94.5 Å². The Kier molecular flexibility index (Phi) is 1.79. The van der Waals surface area contributed by atoms with Crippen LogP contribution in [0.3, 0.4) is 0 Å². The van der Waals surface area contributed by atoms with Crippen molar-refractivity contribution in [3.8, 4) is 0 Å². The number of aromatic nitrogens is 1. The van der Waals surface area contributed by atoms with Crippen molar-refractivity contribution >= 4 is 17.4 Å². The summed E-state index contributed by atoms with van der Waals surface area (Å²) in [5, 5.41) is 6.24. The molecule has 1 aromatic heterocycles. The second kappa shape index (κ2) is 2.97. The SMILES string of the molecule is Cc1cnc2c(c1)NC(=O)C(C)(C1CC1)N2. The van der Waals surface area contributed by atoms with Crippen LogP contribution >= 0.6 is 0 Å². The van der Waals surface area contributed by atoms with E-state index in [0.29, 0.717) is 5.92 Å². The van der Waals surface area contributed by atoms with E-state index in [1.165, 1.54) is 0 Å². The monoisotopic (exact) mass is 217 g/mol. The average Bonchev–Trinajstić information content (AvgIpc) is 3.04. The van der Waals surface area contributed by atoms with Crippen LogP contribution in [0.5, 0.6) is 0 Å². The third kappa shape index (κ3) is 1.29. The summed E-state index contributed by atoms with van der Waals surface area (Å²) >= 11 is 0. The van der Waals surface area contributed by atoms with Gasteiger partial charge >= 0.3 is 0 Å². The maximum Gasteiger partial charge on any atom is 0.250 e. The molecule has 4 nitrogen and oxygen atoms in total. The molecule has 0 radical (unpaired) electrons. The van der Waals surface area contributed by atoms with Crippen molar-refractivity contribution in [1.29, 1.82) is 0 Å². The van der Waals surface area contributed by atoms with Crippen LogP contribution in [0.25, 0.3) is 0 Å². The molecular formula is C12H15N3O. The van der Waals surface area contributed by atoms with Gasteiger partial charge in [0.05, 0.1) is 5.69 Å². The molecular weight excluding hydrogens is 202 g/mol. The summed E-state index contributed by atoms with van der Waals surface area (Å²) in [6, 6.07) is 1.94. The summed E-state index contributed by atoms with van der Waals surface area (Å²) < 4.78 is 0. The number of pyridine rings is 1. The number of hydrogen-bond donors (Lipinski definition) is 2. The molecule has 4 heteroatoms. The molecule has 1 amide bonds. The van der Waals surface area contributed by atoms with E-state index >= 15 is 0 Å². The highest BCUT2D eigenvalue weighted by molar-refractivity contribution is 6.05. The van der Waals surface area contributed by atoms with Crippen LogP contribution in [0.15, 0.2) is 12.3 Å². The largest absolute Gasteiger partial charge is 0.354 e. The van der Waals surface area contributed by atoms with Gasteiger partial charge in [0.25, 0.3) is 0 Å². The Morgan fingerprint density at radius 1 is 1.50 bits per heavy atom. The number of fused-ring (bicyclic) bond motifs is 1. The highest BCUT2D eigenvalue weighted by Gasteiger charge is 2.49.